The molecule has 0 unspecified atom stereocenters. The van der Waals surface area contributed by atoms with Crippen molar-refractivity contribution in [3.8, 4) is 0 Å². The molecule has 0 aliphatic carbocycles. The average Bonchev–Trinajstić information content (AvgIpc) is 2.61. The van der Waals surface area contributed by atoms with Crippen molar-refractivity contribution < 1.29 is 4.79 Å². The Morgan fingerprint density at radius 1 is 1.50 bits per heavy atom. The van der Waals surface area contributed by atoms with Crippen molar-refractivity contribution in [3.63, 3.8) is 0 Å². The Morgan fingerprint density at radius 2 is 2.12 bits per heavy atom. The summed E-state index contributed by atoms with van der Waals surface area (Å²) in [5.74, 6) is 1.13. The Kier molecular flexibility index (Phi) is 3.67. The van der Waals surface area contributed by atoms with Crippen LogP contribution < -0.4 is 5.32 Å². The van der Waals surface area contributed by atoms with Crippen LogP contribution in [0.1, 0.15) is 44.1 Å². The zero-order chi connectivity index (χ0) is 12.3. The topological polar surface area (TPSA) is 70.7 Å². The van der Waals surface area contributed by atoms with Gasteiger partial charge in [0.2, 0.25) is 5.82 Å². The molecular formula is C11H20N4O. The molecule has 1 heterocycles. The van der Waals surface area contributed by atoms with Crippen molar-refractivity contribution in [3.05, 3.63) is 11.6 Å². The van der Waals surface area contributed by atoms with E-state index < -0.39 is 0 Å². The third-order valence-corrected chi connectivity index (χ3v) is 3.07. The van der Waals surface area contributed by atoms with E-state index in [1.165, 1.54) is 0 Å². The molecule has 0 fully saturated rings. The van der Waals surface area contributed by atoms with Gasteiger partial charge in [-0.3, -0.25) is 9.89 Å². The van der Waals surface area contributed by atoms with Gasteiger partial charge in [0.15, 0.2) is 0 Å². The fourth-order valence-electron chi connectivity index (χ4n) is 1.04. The Morgan fingerprint density at radius 3 is 2.56 bits per heavy atom. The number of rotatable bonds is 4. The highest BCUT2D eigenvalue weighted by Gasteiger charge is 2.23. The van der Waals surface area contributed by atoms with Crippen LogP contribution in [0.15, 0.2) is 0 Å². The van der Waals surface area contributed by atoms with Crippen molar-refractivity contribution in [2.75, 3.05) is 6.54 Å². The maximum absolute atomic E-state index is 11.7. The Balaban J connectivity index is 2.54. The summed E-state index contributed by atoms with van der Waals surface area (Å²) in [5.41, 5.74) is 0.0704. The number of aryl methyl sites for hydroxylation is 1. The SMILES string of the molecule is Cc1nc(C(=O)NCC(C)(C)C(C)C)n[nH]1. The standard InChI is InChI=1S/C11H20N4O/c1-7(2)11(4,5)6-12-10(16)9-13-8(3)14-15-9/h7H,6H2,1-5H3,(H,12,16)(H,13,14,15). The second-order valence-electron chi connectivity index (χ2n) is 5.07. The van der Waals surface area contributed by atoms with Crippen molar-refractivity contribution in [1.29, 1.82) is 0 Å². The first kappa shape index (κ1) is 12.7. The van der Waals surface area contributed by atoms with Crippen molar-refractivity contribution in [2.24, 2.45) is 11.3 Å². The Labute approximate surface area is 96.0 Å². The predicted molar refractivity (Wildman–Crippen MR) is 62.1 cm³/mol. The molecular weight excluding hydrogens is 204 g/mol. The summed E-state index contributed by atoms with van der Waals surface area (Å²) in [5, 5.41) is 9.31. The summed E-state index contributed by atoms with van der Waals surface area (Å²) in [7, 11) is 0. The largest absolute Gasteiger partial charge is 0.349 e. The fraction of sp³-hybridized carbons (Fsp3) is 0.727. The summed E-state index contributed by atoms with van der Waals surface area (Å²) in [4.78, 5) is 15.6. The van der Waals surface area contributed by atoms with Crippen LogP contribution in [0, 0.1) is 18.3 Å². The van der Waals surface area contributed by atoms with Crippen LogP contribution in [0.3, 0.4) is 0 Å². The predicted octanol–water partition coefficient (Wildman–Crippen LogP) is 1.53. The minimum atomic E-state index is -0.224. The molecule has 1 rings (SSSR count). The summed E-state index contributed by atoms with van der Waals surface area (Å²) >= 11 is 0. The lowest BCUT2D eigenvalue weighted by atomic mass is 9.81. The summed E-state index contributed by atoms with van der Waals surface area (Å²) in [6.45, 7) is 10.9. The third-order valence-electron chi connectivity index (χ3n) is 3.07. The van der Waals surface area contributed by atoms with Gasteiger partial charge in [-0.15, -0.1) is 5.10 Å². The number of hydrogen-bond donors (Lipinski definition) is 2. The zero-order valence-electron chi connectivity index (χ0n) is 10.6. The minimum absolute atomic E-state index is 0.0704. The van der Waals surface area contributed by atoms with Crippen LogP contribution in [-0.4, -0.2) is 27.6 Å². The van der Waals surface area contributed by atoms with E-state index in [-0.39, 0.29) is 17.1 Å². The number of carbonyl (C=O) groups excluding carboxylic acids is 1. The van der Waals surface area contributed by atoms with E-state index in [1.807, 2.05) is 0 Å². The summed E-state index contributed by atoms with van der Waals surface area (Å²) < 4.78 is 0. The molecule has 0 atom stereocenters. The lowest BCUT2D eigenvalue weighted by molar-refractivity contribution is 0.0914. The number of H-pyrrole nitrogens is 1. The molecule has 16 heavy (non-hydrogen) atoms. The third kappa shape index (κ3) is 3.05. The highest BCUT2D eigenvalue weighted by atomic mass is 16.2. The second-order valence-corrected chi connectivity index (χ2v) is 5.07. The van der Waals surface area contributed by atoms with Gasteiger partial charge in [-0.05, 0) is 18.3 Å². The van der Waals surface area contributed by atoms with Crippen LogP contribution in [0.2, 0.25) is 0 Å². The van der Waals surface area contributed by atoms with Gasteiger partial charge in [0, 0.05) is 6.54 Å². The molecule has 1 aromatic rings. The monoisotopic (exact) mass is 224 g/mol. The first-order valence-corrected chi connectivity index (χ1v) is 5.50. The van der Waals surface area contributed by atoms with Crippen molar-refractivity contribution in [2.45, 2.75) is 34.6 Å². The molecule has 0 bridgehead atoms. The fourth-order valence-corrected chi connectivity index (χ4v) is 1.04. The van der Waals surface area contributed by atoms with E-state index in [1.54, 1.807) is 6.92 Å². The molecule has 0 radical (unpaired) electrons. The summed E-state index contributed by atoms with van der Waals surface area (Å²) in [6, 6.07) is 0. The number of hydrogen-bond acceptors (Lipinski definition) is 3. The van der Waals surface area contributed by atoms with Crippen LogP contribution >= 0.6 is 0 Å². The molecule has 0 saturated carbocycles. The lowest BCUT2D eigenvalue weighted by Gasteiger charge is -2.29. The maximum atomic E-state index is 11.7. The second kappa shape index (κ2) is 4.63. The molecule has 0 spiro atoms. The van der Waals surface area contributed by atoms with Crippen LogP contribution in [0.25, 0.3) is 0 Å². The highest BCUT2D eigenvalue weighted by molar-refractivity contribution is 5.90. The van der Waals surface area contributed by atoms with Gasteiger partial charge in [0.1, 0.15) is 5.82 Å². The zero-order valence-corrected chi connectivity index (χ0v) is 10.6. The van der Waals surface area contributed by atoms with Gasteiger partial charge < -0.3 is 5.32 Å². The van der Waals surface area contributed by atoms with Gasteiger partial charge in [-0.1, -0.05) is 27.7 Å². The normalized spacial score (nSPS) is 11.9. The molecule has 0 saturated heterocycles. The molecule has 0 aliphatic rings. The first-order valence-electron chi connectivity index (χ1n) is 5.50. The van der Waals surface area contributed by atoms with E-state index >= 15 is 0 Å². The molecule has 1 amide bonds. The van der Waals surface area contributed by atoms with Crippen molar-refractivity contribution >= 4 is 5.91 Å². The van der Waals surface area contributed by atoms with E-state index in [9.17, 15) is 4.79 Å². The smallest absolute Gasteiger partial charge is 0.290 e. The summed E-state index contributed by atoms with van der Waals surface area (Å²) in [6.07, 6.45) is 0. The molecule has 90 valence electrons. The molecule has 5 heteroatoms. The molecule has 5 nitrogen and oxygen atoms in total. The van der Waals surface area contributed by atoms with Crippen molar-refractivity contribution in [1.82, 2.24) is 20.5 Å². The van der Waals surface area contributed by atoms with Crippen LogP contribution in [-0.2, 0) is 0 Å². The van der Waals surface area contributed by atoms with Crippen LogP contribution in [0.4, 0.5) is 0 Å². The van der Waals surface area contributed by atoms with E-state index in [0.29, 0.717) is 18.3 Å². The number of aromatic nitrogens is 3. The van der Waals surface area contributed by atoms with E-state index in [0.717, 1.165) is 0 Å². The highest BCUT2D eigenvalue weighted by Crippen LogP contribution is 2.24. The number of nitrogens with one attached hydrogen (secondary N) is 2. The van der Waals surface area contributed by atoms with E-state index in [4.69, 9.17) is 0 Å². The molecule has 0 aromatic carbocycles. The molecule has 0 aliphatic heterocycles. The van der Waals surface area contributed by atoms with Gasteiger partial charge >= 0.3 is 0 Å². The molecule has 2 N–H and O–H groups in total. The number of carbonyl (C=O) groups is 1. The van der Waals surface area contributed by atoms with E-state index in [2.05, 4.69) is 48.2 Å². The quantitative estimate of drug-likeness (QED) is 0.814. The van der Waals surface area contributed by atoms with Gasteiger partial charge in [0.25, 0.3) is 5.91 Å². The maximum Gasteiger partial charge on any atom is 0.290 e. The lowest BCUT2D eigenvalue weighted by Crippen LogP contribution is -2.37. The van der Waals surface area contributed by atoms with Gasteiger partial charge in [-0.2, -0.15) is 0 Å². The van der Waals surface area contributed by atoms with Gasteiger partial charge in [0.05, 0.1) is 0 Å². The Bertz CT molecular complexity index is 368. The average molecular weight is 224 g/mol. The van der Waals surface area contributed by atoms with Gasteiger partial charge in [-0.25, -0.2) is 4.98 Å². The minimum Gasteiger partial charge on any atom is -0.349 e. The number of nitrogens with zero attached hydrogens (tertiary/aromatic N) is 2. The van der Waals surface area contributed by atoms with Crippen LogP contribution in [0.5, 0.6) is 0 Å². The molecule has 1 aromatic heterocycles. The number of aromatic amines is 1. The Hall–Kier alpha value is -1.39. The first-order chi connectivity index (χ1) is 7.33. The number of amides is 1.